The number of nitrogens with one attached hydrogen (secondary N) is 1. The standard InChI is InChI=1S/C23H16Cl2F4N2O2S/c1-2-34-11-7-8-12(15(26)9-11)21(32)22-30-16-10-14(24)18(19(25)20(16)31-22)13-5-3-4-6-17(13)33-23(27,28)29/h3-10,21,32H,2H2,1H3,(H,30,31). The van der Waals surface area contributed by atoms with E-state index >= 15 is 0 Å². The van der Waals surface area contributed by atoms with E-state index in [1.54, 1.807) is 6.07 Å². The van der Waals surface area contributed by atoms with Gasteiger partial charge in [0.2, 0.25) is 0 Å². The number of benzene rings is 3. The van der Waals surface area contributed by atoms with Crippen LogP contribution in [0, 0.1) is 5.82 Å². The fourth-order valence-electron chi connectivity index (χ4n) is 3.50. The maximum atomic E-state index is 14.6. The summed E-state index contributed by atoms with van der Waals surface area (Å²) in [7, 11) is 0. The Labute approximate surface area is 205 Å². The summed E-state index contributed by atoms with van der Waals surface area (Å²) in [5, 5.41) is 10.7. The Morgan fingerprint density at radius 2 is 1.88 bits per heavy atom. The third kappa shape index (κ3) is 4.98. The topological polar surface area (TPSA) is 58.1 Å². The highest BCUT2D eigenvalue weighted by Crippen LogP contribution is 2.44. The van der Waals surface area contributed by atoms with Gasteiger partial charge < -0.3 is 14.8 Å². The average Bonchev–Trinajstić information content (AvgIpc) is 3.18. The second-order valence-corrected chi connectivity index (χ2v) is 9.25. The molecule has 0 aliphatic heterocycles. The van der Waals surface area contributed by atoms with Crippen LogP contribution in [-0.4, -0.2) is 27.2 Å². The maximum absolute atomic E-state index is 14.6. The number of halogens is 6. The molecular weight excluding hydrogens is 515 g/mol. The van der Waals surface area contributed by atoms with E-state index in [0.29, 0.717) is 5.52 Å². The summed E-state index contributed by atoms with van der Waals surface area (Å²) >= 11 is 14.3. The summed E-state index contributed by atoms with van der Waals surface area (Å²) in [6, 6.07) is 11.3. The van der Waals surface area contributed by atoms with E-state index in [9.17, 15) is 22.7 Å². The number of aliphatic hydroxyl groups is 1. The van der Waals surface area contributed by atoms with Gasteiger partial charge in [-0.2, -0.15) is 0 Å². The van der Waals surface area contributed by atoms with Gasteiger partial charge in [0.05, 0.1) is 15.6 Å². The third-order valence-corrected chi connectivity index (χ3v) is 6.45. The normalized spacial score (nSPS) is 12.8. The lowest BCUT2D eigenvalue weighted by molar-refractivity contribution is -0.274. The summed E-state index contributed by atoms with van der Waals surface area (Å²) in [5.74, 6) is -0.320. The number of H-pyrrole nitrogens is 1. The van der Waals surface area contributed by atoms with Crippen molar-refractivity contribution in [3.8, 4) is 16.9 Å². The number of thioether (sulfide) groups is 1. The molecule has 34 heavy (non-hydrogen) atoms. The second kappa shape index (κ2) is 9.65. The Morgan fingerprint density at radius 1 is 1.15 bits per heavy atom. The molecular formula is C23H16Cl2F4N2O2S. The molecule has 0 fully saturated rings. The van der Waals surface area contributed by atoms with E-state index in [1.165, 1.54) is 48.2 Å². The largest absolute Gasteiger partial charge is 0.573 e. The molecule has 4 rings (SSSR count). The molecule has 178 valence electrons. The number of fused-ring (bicyclic) bond motifs is 1. The predicted molar refractivity (Wildman–Crippen MR) is 125 cm³/mol. The number of ether oxygens (including phenoxy) is 1. The first kappa shape index (κ1) is 24.7. The summed E-state index contributed by atoms with van der Waals surface area (Å²) in [6.45, 7) is 1.94. The highest BCUT2D eigenvalue weighted by molar-refractivity contribution is 7.99. The van der Waals surface area contributed by atoms with Crippen LogP contribution in [0.4, 0.5) is 17.6 Å². The number of aromatic nitrogens is 2. The van der Waals surface area contributed by atoms with Gasteiger partial charge in [-0.25, -0.2) is 9.37 Å². The number of hydrogen-bond donors (Lipinski definition) is 2. The van der Waals surface area contributed by atoms with Crippen molar-refractivity contribution in [1.82, 2.24) is 9.97 Å². The molecule has 2 N–H and O–H groups in total. The highest BCUT2D eigenvalue weighted by atomic mass is 35.5. The van der Waals surface area contributed by atoms with E-state index in [0.717, 1.165) is 16.7 Å². The molecule has 1 heterocycles. The van der Waals surface area contributed by atoms with Crippen LogP contribution in [0.25, 0.3) is 22.2 Å². The van der Waals surface area contributed by atoms with Crippen molar-refractivity contribution < 1.29 is 27.4 Å². The Bertz CT molecular complexity index is 1360. The summed E-state index contributed by atoms with van der Waals surface area (Å²) < 4.78 is 57.4. The SMILES string of the molecule is CCSc1ccc(C(O)c2nc3c(Cl)c(-c4ccccc4OC(F)(F)F)c(Cl)cc3[nH]2)c(F)c1. The zero-order chi connectivity index (χ0) is 24.6. The molecule has 1 atom stereocenters. The van der Waals surface area contributed by atoms with Crippen LogP contribution in [0.15, 0.2) is 53.4 Å². The first-order chi connectivity index (χ1) is 16.1. The number of imidazole rings is 1. The van der Waals surface area contributed by atoms with Crippen LogP contribution >= 0.6 is 35.0 Å². The van der Waals surface area contributed by atoms with Crippen molar-refractivity contribution in [2.75, 3.05) is 5.75 Å². The lowest BCUT2D eigenvalue weighted by Crippen LogP contribution is -2.17. The van der Waals surface area contributed by atoms with Crippen LogP contribution < -0.4 is 4.74 Å². The molecule has 11 heteroatoms. The molecule has 1 unspecified atom stereocenters. The molecule has 0 radical (unpaired) electrons. The van der Waals surface area contributed by atoms with Crippen LogP contribution in [-0.2, 0) is 0 Å². The van der Waals surface area contributed by atoms with Gasteiger partial charge in [0.15, 0.2) is 0 Å². The van der Waals surface area contributed by atoms with Gasteiger partial charge in [-0.05, 0) is 30.0 Å². The van der Waals surface area contributed by atoms with Gasteiger partial charge in [-0.15, -0.1) is 24.9 Å². The van der Waals surface area contributed by atoms with Gasteiger partial charge >= 0.3 is 6.36 Å². The minimum atomic E-state index is -4.92. The summed E-state index contributed by atoms with van der Waals surface area (Å²) in [4.78, 5) is 7.87. The molecule has 1 aromatic heterocycles. The number of aliphatic hydroxyl groups excluding tert-OH is 1. The number of alkyl halides is 3. The second-order valence-electron chi connectivity index (χ2n) is 7.13. The molecule has 0 saturated heterocycles. The fraction of sp³-hybridized carbons (Fsp3) is 0.174. The minimum Gasteiger partial charge on any atom is -0.405 e. The summed E-state index contributed by atoms with van der Waals surface area (Å²) in [6.07, 6.45) is -6.36. The Hall–Kier alpha value is -2.46. The number of rotatable bonds is 6. The third-order valence-electron chi connectivity index (χ3n) is 4.91. The zero-order valence-corrected chi connectivity index (χ0v) is 19.7. The molecule has 0 aliphatic carbocycles. The lowest BCUT2D eigenvalue weighted by Gasteiger charge is -2.15. The summed E-state index contributed by atoms with van der Waals surface area (Å²) in [5.41, 5.74) is 0.564. The first-order valence-corrected chi connectivity index (χ1v) is 11.7. The van der Waals surface area contributed by atoms with Crippen molar-refractivity contribution in [2.24, 2.45) is 0 Å². The quantitative estimate of drug-likeness (QED) is 0.197. The van der Waals surface area contributed by atoms with Gasteiger partial charge in [0, 0.05) is 21.6 Å². The minimum absolute atomic E-state index is 0.000243. The Kier molecular flexibility index (Phi) is 7.00. The molecule has 0 spiro atoms. The molecule has 0 aliphatic rings. The number of para-hydroxylation sites is 1. The highest BCUT2D eigenvalue weighted by Gasteiger charge is 2.33. The van der Waals surface area contributed by atoms with Gasteiger partial charge in [0.25, 0.3) is 0 Å². The van der Waals surface area contributed by atoms with Crippen molar-refractivity contribution >= 4 is 46.0 Å². The van der Waals surface area contributed by atoms with Crippen molar-refractivity contribution in [2.45, 2.75) is 24.3 Å². The number of nitrogens with zero attached hydrogens (tertiary/aromatic N) is 1. The number of hydrogen-bond acceptors (Lipinski definition) is 4. The fourth-order valence-corrected chi connectivity index (χ4v) is 4.88. The average molecular weight is 531 g/mol. The molecule has 3 aromatic carbocycles. The first-order valence-electron chi connectivity index (χ1n) is 9.92. The van der Waals surface area contributed by atoms with Crippen LogP contribution in [0.3, 0.4) is 0 Å². The monoisotopic (exact) mass is 530 g/mol. The van der Waals surface area contributed by atoms with Crippen LogP contribution in [0.1, 0.15) is 24.4 Å². The molecule has 4 nitrogen and oxygen atoms in total. The van der Waals surface area contributed by atoms with E-state index in [-0.39, 0.29) is 38.1 Å². The van der Waals surface area contributed by atoms with E-state index in [2.05, 4.69) is 14.7 Å². The predicted octanol–water partition coefficient (Wildman–Crippen LogP) is 7.77. The van der Waals surface area contributed by atoms with E-state index in [4.69, 9.17) is 23.2 Å². The Balaban J connectivity index is 1.78. The van der Waals surface area contributed by atoms with Crippen LogP contribution in [0.2, 0.25) is 10.0 Å². The van der Waals surface area contributed by atoms with Crippen LogP contribution in [0.5, 0.6) is 5.75 Å². The number of aromatic amines is 1. The van der Waals surface area contributed by atoms with E-state index in [1.807, 2.05) is 6.92 Å². The van der Waals surface area contributed by atoms with Crippen molar-refractivity contribution in [1.29, 1.82) is 0 Å². The molecule has 0 bridgehead atoms. The van der Waals surface area contributed by atoms with Crippen molar-refractivity contribution in [3.05, 3.63) is 75.8 Å². The smallest absolute Gasteiger partial charge is 0.405 e. The zero-order valence-electron chi connectivity index (χ0n) is 17.4. The lowest BCUT2D eigenvalue weighted by atomic mass is 10.0. The van der Waals surface area contributed by atoms with E-state index < -0.39 is 24.0 Å². The van der Waals surface area contributed by atoms with Gasteiger partial charge in [-0.1, -0.05) is 54.4 Å². The van der Waals surface area contributed by atoms with Gasteiger partial charge in [-0.3, -0.25) is 0 Å². The van der Waals surface area contributed by atoms with Gasteiger partial charge in [0.1, 0.15) is 29.0 Å². The molecule has 4 aromatic rings. The van der Waals surface area contributed by atoms with Crippen molar-refractivity contribution in [3.63, 3.8) is 0 Å². The molecule has 0 amide bonds. The maximum Gasteiger partial charge on any atom is 0.573 e. The molecule has 0 saturated carbocycles. The Morgan fingerprint density at radius 3 is 2.56 bits per heavy atom.